The first-order valence-corrected chi connectivity index (χ1v) is 7.26. The predicted molar refractivity (Wildman–Crippen MR) is 60.4 cm³/mol. The predicted octanol–water partition coefficient (Wildman–Crippen LogP) is 1.16. The molecule has 17 heavy (non-hydrogen) atoms. The van der Waals surface area contributed by atoms with E-state index in [0.717, 1.165) is 28.6 Å². The summed E-state index contributed by atoms with van der Waals surface area (Å²) < 4.78 is 25.0. The monoisotopic (exact) mass is 277 g/mol. The first-order chi connectivity index (χ1) is 8.01. The van der Waals surface area contributed by atoms with Crippen molar-refractivity contribution in [1.82, 2.24) is 4.47 Å². The maximum atomic E-state index is 12.0. The molecule has 0 amide bonds. The van der Waals surface area contributed by atoms with Gasteiger partial charge in [0.1, 0.15) is 9.09 Å². The van der Waals surface area contributed by atoms with E-state index in [1.165, 1.54) is 12.1 Å². The molecule has 94 valence electrons. The molecule has 1 saturated heterocycles. The van der Waals surface area contributed by atoms with Crippen LogP contribution in [0.1, 0.15) is 22.5 Å². The highest BCUT2D eigenvalue weighted by Crippen LogP contribution is 2.26. The molecule has 2 rings (SSSR count). The third-order valence-electron chi connectivity index (χ3n) is 2.28. The smallest absolute Gasteiger partial charge is 0.345 e. The molecule has 2 heterocycles. The molecule has 0 spiro atoms. The van der Waals surface area contributed by atoms with Gasteiger partial charge in [-0.3, -0.25) is 4.84 Å². The van der Waals surface area contributed by atoms with E-state index in [1.807, 2.05) is 0 Å². The fraction of sp³-hybridized carbons (Fsp3) is 0.444. The number of aromatic carboxylic acids is 1. The van der Waals surface area contributed by atoms with Crippen LogP contribution in [0.5, 0.6) is 0 Å². The van der Waals surface area contributed by atoms with Crippen LogP contribution in [0.4, 0.5) is 0 Å². The second kappa shape index (κ2) is 4.73. The standard InChI is InChI=1S/C9H11NO5S2/c11-9(12)7-3-4-8(16-7)17(13,14)10-5-1-2-6-15-10/h3-4H,1-2,5-6H2,(H,11,12). The van der Waals surface area contributed by atoms with Gasteiger partial charge in [0.25, 0.3) is 10.0 Å². The Labute approximate surface area is 102 Å². The van der Waals surface area contributed by atoms with E-state index < -0.39 is 16.0 Å². The van der Waals surface area contributed by atoms with Gasteiger partial charge < -0.3 is 5.11 Å². The quantitative estimate of drug-likeness (QED) is 0.896. The van der Waals surface area contributed by atoms with Crippen molar-refractivity contribution in [2.75, 3.05) is 13.2 Å². The van der Waals surface area contributed by atoms with Gasteiger partial charge in [0, 0.05) is 6.54 Å². The molecular formula is C9H11NO5S2. The van der Waals surface area contributed by atoms with Crippen molar-refractivity contribution in [3.63, 3.8) is 0 Å². The Balaban J connectivity index is 2.27. The van der Waals surface area contributed by atoms with E-state index in [9.17, 15) is 13.2 Å². The molecule has 0 aliphatic carbocycles. The van der Waals surface area contributed by atoms with Gasteiger partial charge in [-0.1, -0.05) is 4.47 Å². The Morgan fingerprint density at radius 2 is 2.18 bits per heavy atom. The zero-order valence-corrected chi connectivity index (χ0v) is 10.5. The minimum atomic E-state index is -3.71. The maximum absolute atomic E-state index is 12.0. The third-order valence-corrected chi connectivity index (χ3v) is 5.50. The van der Waals surface area contributed by atoms with E-state index in [0.29, 0.717) is 13.2 Å². The molecule has 0 radical (unpaired) electrons. The van der Waals surface area contributed by atoms with Gasteiger partial charge in [-0.2, -0.15) is 0 Å². The fourth-order valence-electron chi connectivity index (χ4n) is 1.44. The minimum Gasteiger partial charge on any atom is -0.477 e. The summed E-state index contributed by atoms with van der Waals surface area (Å²) in [6.45, 7) is 0.680. The van der Waals surface area contributed by atoms with Gasteiger partial charge in [0.05, 0.1) is 6.61 Å². The van der Waals surface area contributed by atoms with Gasteiger partial charge in [0.2, 0.25) is 0 Å². The lowest BCUT2D eigenvalue weighted by Gasteiger charge is -2.24. The molecule has 1 fully saturated rings. The SMILES string of the molecule is O=C(O)c1ccc(S(=O)(=O)N2CCCCO2)s1. The lowest BCUT2D eigenvalue weighted by atomic mass is 10.3. The number of carbonyl (C=O) groups is 1. The summed E-state index contributed by atoms with van der Waals surface area (Å²) in [5, 5.41) is 8.74. The van der Waals surface area contributed by atoms with Crippen LogP contribution in [-0.2, 0) is 14.9 Å². The first kappa shape index (κ1) is 12.5. The highest BCUT2D eigenvalue weighted by atomic mass is 32.2. The molecule has 1 N–H and O–H groups in total. The molecule has 6 nitrogen and oxygen atoms in total. The van der Waals surface area contributed by atoms with E-state index >= 15 is 0 Å². The Morgan fingerprint density at radius 3 is 2.71 bits per heavy atom. The minimum absolute atomic E-state index is 0.000541. The lowest BCUT2D eigenvalue weighted by molar-refractivity contribution is -0.108. The van der Waals surface area contributed by atoms with Crippen LogP contribution >= 0.6 is 11.3 Å². The van der Waals surface area contributed by atoms with Crippen LogP contribution in [0.15, 0.2) is 16.3 Å². The number of thiophene rings is 1. The average molecular weight is 277 g/mol. The highest BCUT2D eigenvalue weighted by Gasteiger charge is 2.29. The van der Waals surface area contributed by atoms with Crippen molar-refractivity contribution in [3.05, 3.63) is 17.0 Å². The molecule has 1 aromatic heterocycles. The second-order valence-electron chi connectivity index (χ2n) is 3.50. The Morgan fingerprint density at radius 1 is 1.41 bits per heavy atom. The molecule has 1 aliphatic heterocycles. The van der Waals surface area contributed by atoms with Crippen molar-refractivity contribution < 1.29 is 23.2 Å². The molecular weight excluding hydrogens is 266 g/mol. The number of nitrogens with zero attached hydrogens (tertiary/aromatic N) is 1. The Kier molecular flexibility index (Phi) is 3.48. The number of hydrogen-bond donors (Lipinski definition) is 1. The zero-order chi connectivity index (χ0) is 12.5. The van der Waals surface area contributed by atoms with Crippen molar-refractivity contribution in [3.8, 4) is 0 Å². The molecule has 0 saturated carbocycles. The summed E-state index contributed by atoms with van der Waals surface area (Å²) in [5.41, 5.74) is 0. The lowest BCUT2D eigenvalue weighted by Crippen LogP contribution is -2.35. The third kappa shape index (κ3) is 2.49. The number of carboxylic acid groups (broad SMARTS) is 1. The molecule has 0 unspecified atom stereocenters. The summed E-state index contributed by atoms with van der Waals surface area (Å²) in [6, 6.07) is 2.57. The van der Waals surface area contributed by atoms with Gasteiger partial charge >= 0.3 is 5.97 Å². The van der Waals surface area contributed by atoms with Crippen molar-refractivity contribution >= 4 is 27.3 Å². The average Bonchev–Trinajstić information content (AvgIpc) is 2.80. The van der Waals surface area contributed by atoms with Crippen LogP contribution in [0.2, 0.25) is 0 Å². The van der Waals surface area contributed by atoms with E-state index in [1.54, 1.807) is 0 Å². The Hall–Kier alpha value is -0.960. The molecule has 1 aliphatic rings. The highest BCUT2D eigenvalue weighted by molar-refractivity contribution is 7.91. The largest absolute Gasteiger partial charge is 0.477 e. The van der Waals surface area contributed by atoms with E-state index in [2.05, 4.69) is 0 Å². The van der Waals surface area contributed by atoms with Gasteiger partial charge in [0.15, 0.2) is 0 Å². The molecule has 1 aromatic rings. The molecule has 0 aromatic carbocycles. The molecule has 8 heteroatoms. The van der Waals surface area contributed by atoms with Crippen molar-refractivity contribution in [2.45, 2.75) is 17.1 Å². The second-order valence-corrected chi connectivity index (χ2v) is 6.63. The number of carboxylic acids is 1. The normalized spacial score (nSPS) is 18.1. The molecule has 0 bridgehead atoms. The van der Waals surface area contributed by atoms with E-state index in [-0.39, 0.29) is 9.09 Å². The van der Waals surface area contributed by atoms with Gasteiger partial charge in [-0.15, -0.1) is 11.3 Å². The van der Waals surface area contributed by atoms with Crippen LogP contribution in [0, 0.1) is 0 Å². The van der Waals surface area contributed by atoms with Crippen LogP contribution < -0.4 is 0 Å². The number of sulfonamides is 1. The summed E-state index contributed by atoms with van der Waals surface area (Å²) in [6.07, 6.45) is 1.58. The number of hydrogen-bond acceptors (Lipinski definition) is 5. The van der Waals surface area contributed by atoms with Crippen LogP contribution in [0.25, 0.3) is 0 Å². The Bertz CT molecular complexity index is 515. The number of rotatable bonds is 3. The van der Waals surface area contributed by atoms with Gasteiger partial charge in [-0.05, 0) is 25.0 Å². The van der Waals surface area contributed by atoms with E-state index in [4.69, 9.17) is 9.94 Å². The number of hydroxylamine groups is 1. The van der Waals surface area contributed by atoms with Crippen LogP contribution in [-0.4, -0.2) is 37.1 Å². The summed E-state index contributed by atoms with van der Waals surface area (Å²) >= 11 is 0.732. The zero-order valence-electron chi connectivity index (χ0n) is 8.83. The summed E-state index contributed by atoms with van der Waals surface area (Å²) in [7, 11) is -3.71. The summed E-state index contributed by atoms with van der Waals surface area (Å²) in [5.74, 6) is -1.13. The fourth-order valence-corrected chi connectivity index (χ4v) is 3.98. The molecule has 0 atom stereocenters. The van der Waals surface area contributed by atoms with Crippen molar-refractivity contribution in [2.24, 2.45) is 0 Å². The topological polar surface area (TPSA) is 83.9 Å². The van der Waals surface area contributed by atoms with Crippen LogP contribution in [0.3, 0.4) is 0 Å². The van der Waals surface area contributed by atoms with Crippen molar-refractivity contribution in [1.29, 1.82) is 0 Å². The maximum Gasteiger partial charge on any atom is 0.345 e. The van der Waals surface area contributed by atoms with Gasteiger partial charge in [-0.25, -0.2) is 13.2 Å². The first-order valence-electron chi connectivity index (χ1n) is 5.00. The summed E-state index contributed by atoms with van der Waals surface area (Å²) in [4.78, 5) is 15.8.